The molecule has 0 spiro atoms. The number of hydrogen-bond donors (Lipinski definition) is 2. The number of hydrogen-bond acceptors (Lipinski definition) is 4. The van der Waals surface area contributed by atoms with E-state index in [0.29, 0.717) is 6.61 Å². The molecule has 1 aromatic carbocycles. The van der Waals surface area contributed by atoms with E-state index in [9.17, 15) is 0 Å². The fraction of sp³-hybridized carbons (Fsp3) is 0.611. The van der Waals surface area contributed by atoms with Crippen molar-refractivity contribution < 1.29 is 9.47 Å². The zero-order chi connectivity index (χ0) is 17.2. The van der Waals surface area contributed by atoms with Crippen molar-refractivity contribution in [3.63, 3.8) is 0 Å². The van der Waals surface area contributed by atoms with Crippen LogP contribution in [0.2, 0.25) is 0 Å². The second kappa shape index (κ2) is 10.3. The Bertz CT molecular complexity index is 515. The molecule has 0 saturated carbocycles. The first-order chi connectivity index (χ1) is 11.7. The highest BCUT2D eigenvalue weighted by Crippen LogP contribution is 2.13. The Kier molecular flexibility index (Phi) is 8.01. The molecule has 1 aliphatic rings. The minimum Gasteiger partial charge on any atom is -0.383 e. The lowest BCUT2D eigenvalue weighted by atomic mass is 10.1. The van der Waals surface area contributed by atoms with E-state index >= 15 is 0 Å². The van der Waals surface area contributed by atoms with Gasteiger partial charge in [-0.05, 0) is 18.1 Å². The van der Waals surface area contributed by atoms with Crippen LogP contribution in [0.15, 0.2) is 29.3 Å². The summed E-state index contributed by atoms with van der Waals surface area (Å²) in [5, 5.41) is 6.72. The van der Waals surface area contributed by atoms with Crippen LogP contribution in [0.4, 0.5) is 0 Å². The molecule has 1 fully saturated rings. The van der Waals surface area contributed by atoms with Gasteiger partial charge in [0.05, 0.1) is 19.8 Å². The van der Waals surface area contributed by atoms with Crippen molar-refractivity contribution in [3.05, 3.63) is 35.4 Å². The molecule has 24 heavy (non-hydrogen) atoms. The highest BCUT2D eigenvalue weighted by Gasteiger charge is 2.13. The van der Waals surface area contributed by atoms with Crippen molar-refractivity contribution in [2.24, 2.45) is 4.99 Å². The van der Waals surface area contributed by atoms with Gasteiger partial charge in [-0.1, -0.05) is 24.3 Å². The number of morpholine rings is 1. The Morgan fingerprint density at radius 1 is 1.29 bits per heavy atom. The second-order valence-corrected chi connectivity index (χ2v) is 6.08. The number of nitrogens with zero attached hydrogens (tertiary/aromatic N) is 2. The quantitative estimate of drug-likeness (QED) is 0.580. The van der Waals surface area contributed by atoms with Crippen LogP contribution in [-0.4, -0.2) is 64.0 Å². The predicted molar refractivity (Wildman–Crippen MR) is 97.2 cm³/mol. The maximum atomic E-state index is 5.43. The van der Waals surface area contributed by atoms with E-state index in [-0.39, 0.29) is 6.04 Å². The predicted octanol–water partition coefficient (Wildman–Crippen LogP) is 1.22. The monoisotopic (exact) mass is 334 g/mol. The lowest BCUT2D eigenvalue weighted by Crippen LogP contribution is -2.43. The maximum Gasteiger partial charge on any atom is 0.191 e. The Balaban J connectivity index is 1.91. The van der Waals surface area contributed by atoms with E-state index in [4.69, 9.17) is 9.47 Å². The van der Waals surface area contributed by atoms with E-state index in [0.717, 1.165) is 45.4 Å². The van der Waals surface area contributed by atoms with Crippen LogP contribution >= 0.6 is 0 Å². The van der Waals surface area contributed by atoms with Gasteiger partial charge in [-0.3, -0.25) is 9.89 Å². The summed E-state index contributed by atoms with van der Waals surface area (Å²) >= 11 is 0. The average Bonchev–Trinajstić information content (AvgIpc) is 2.61. The molecule has 0 radical (unpaired) electrons. The number of guanidine groups is 1. The van der Waals surface area contributed by atoms with Crippen molar-refractivity contribution in [2.45, 2.75) is 26.1 Å². The summed E-state index contributed by atoms with van der Waals surface area (Å²) in [4.78, 5) is 6.72. The topological polar surface area (TPSA) is 58.1 Å². The van der Waals surface area contributed by atoms with Crippen LogP contribution in [0.25, 0.3) is 0 Å². The molecule has 1 unspecified atom stereocenters. The number of benzene rings is 1. The summed E-state index contributed by atoms with van der Waals surface area (Å²) in [6.07, 6.45) is 0. The van der Waals surface area contributed by atoms with Gasteiger partial charge in [-0.25, -0.2) is 0 Å². The number of rotatable bonds is 7. The number of ether oxygens (including phenoxy) is 2. The summed E-state index contributed by atoms with van der Waals surface area (Å²) in [5.74, 6) is 0.792. The van der Waals surface area contributed by atoms with E-state index < -0.39 is 0 Å². The molecule has 1 aromatic rings. The van der Waals surface area contributed by atoms with Gasteiger partial charge in [0.2, 0.25) is 0 Å². The highest BCUT2D eigenvalue weighted by molar-refractivity contribution is 5.79. The van der Waals surface area contributed by atoms with E-state index in [1.165, 1.54) is 11.1 Å². The van der Waals surface area contributed by atoms with E-state index in [2.05, 4.69) is 51.7 Å². The number of methoxy groups -OCH3 is 1. The third-order valence-electron chi connectivity index (χ3n) is 4.09. The summed E-state index contributed by atoms with van der Waals surface area (Å²) in [5.41, 5.74) is 2.65. The standard InChI is InChI=1S/C18H30N4O2/c1-15(14-23-3)21-18(19-2)20-12-16-6-4-5-7-17(16)13-22-8-10-24-11-9-22/h4-7,15H,8-14H2,1-3H3,(H2,19,20,21). The number of aliphatic imine (C=N–C) groups is 1. The molecular weight excluding hydrogens is 304 g/mol. The molecule has 2 rings (SSSR count). The molecule has 0 amide bonds. The van der Waals surface area contributed by atoms with Crippen molar-refractivity contribution in [1.82, 2.24) is 15.5 Å². The van der Waals surface area contributed by atoms with E-state index in [1.807, 2.05) is 0 Å². The molecular formula is C18H30N4O2. The summed E-state index contributed by atoms with van der Waals surface area (Å²) in [6, 6.07) is 8.78. The fourth-order valence-corrected chi connectivity index (χ4v) is 2.78. The largest absolute Gasteiger partial charge is 0.383 e. The van der Waals surface area contributed by atoms with Crippen LogP contribution < -0.4 is 10.6 Å². The van der Waals surface area contributed by atoms with E-state index in [1.54, 1.807) is 14.2 Å². The molecule has 0 aromatic heterocycles. The summed E-state index contributed by atoms with van der Waals surface area (Å²) in [6.45, 7) is 8.09. The van der Waals surface area contributed by atoms with Crippen molar-refractivity contribution in [3.8, 4) is 0 Å². The summed E-state index contributed by atoms with van der Waals surface area (Å²) < 4.78 is 10.6. The molecule has 1 aliphatic heterocycles. The molecule has 134 valence electrons. The fourth-order valence-electron chi connectivity index (χ4n) is 2.78. The molecule has 6 heteroatoms. The zero-order valence-electron chi connectivity index (χ0n) is 15.0. The van der Waals surface area contributed by atoms with Crippen LogP contribution in [0.1, 0.15) is 18.1 Å². The molecule has 0 aliphatic carbocycles. The molecule has 6 nitrogen and oxygen atoms in total. The van der Waals surface area contributed by atoms with Crippen LogP contribution in [-0.2, 0) is 22.6 Å². The van der Waals surface area contributed by atoms with Crippen molar-refractivity contribution in [2.75, 3.05) is 47.1 Å². The molecule has 1 saturated heterocycles. The van der Waals surface area contributed by atoms with Crippen LogP contribution in [0, 0.1) is 0 Å². The number of nitrogens with one attached hydrogen (secondary N) is 2. The van der Waals surface area contributed by atoms with Gasteiger partial charge in [0.25, 0.3) is 0 Å². The molecule has 1 heterocycles. The molecule has 0 bridgehead atoms. The smallest absolute Gasteiger partial charge is 0.191 e. The van der Waals surface area contributed by atoms with Crippen LogP contribution in [0.5, 0.6) is 0 Å². The molecule has 1 atom stereocenters. The normalized spacial score (nSPS) is 17.5. The minimum atomic E-state index is 0.213. The Morgan fingerprint density at radius 3 is 2.67 bits per heavy atom. The zero-order valence-corrected chi connectivity index (χ0v) is 15.0. The highest BCUT2D eigenvalue weighted by atomic mass is 16.5. The van der Waals surface area contributed by atoms with Crippen molar-refractivity contribution >= 4 is 5.96 Å². The Labute approximate surface area is 145 Å². The lowest BCUT2D eigenvalue weighted by molar-refractivity contribution is 0.0341. The first-order valence-electron chi connectivity index (χ1n) is 8.56. The van der Waals surface area contributed by atoms with Gasteiger partial charge in [-0.15, -0.1) is 0 Å². The average molecular weight is 334 g/mol. The lowest BCUT2D eigenvalue weighted by Gasteiger charge is -2.27. The van der Waals surface area contributed by atoms with Gasteiger partial charge in [0.15, 0.2) is 5.96 Å². The maximum absolute atomic E-state index is 5.43. The second-order valence-electron chi connectivity index (χ2n) is 6.08. The van der Waals surface area contributed by atoms with Gasteiger partial charge < -0.3 is 20.1 Å². The third-order valence-corrected chi connectivity index (χ3v) is 4.09. The Morgan fingerprint density at radius 2 is 2.00 bits per heavy atom. The van der Waals surface area contributed by atoms with Crippen LogP contribution in [0.3, 0.4) is 0 Å². The SMILES string of the molecule is CN=C(NCc1ccccc1CN1CCOCC1)NC(C)COC. The first-order valence-corrected chi connectivity index (χ1v) is 8.56. The molecule has 2 N–H and O–H groups in total. The minimum absolute atomic E-state index is 0.213. The van der Waals surface area contributed by atoms with Gasteiger partial charge in [0.1, 0.15) is 0 Å². The van der Waals surface area contributed by atoms with Crippen molar-refractivity contribution in [1.29, 1.82) is 0 Å². The van der Waals surface area contributed by atoms with Gasteiger partial charge >= 0.3 is 0 Å². The van der Waals surface area contributed by atoms with Gasteiger partial charge in [-0.2, -0.15) is 0 Å². The summed E-state index contributed by atoms with van der Waals surface area (Å²) in [7, 11) is 3.49. The van der Waals surface area contributed by atoms with Gasteiger partial charge in [0, 0.05) is 46.4 Å². The first kappa shape index (κ1) is 18.7. The Hall–Kier alpha value is -1.63. The third kappa shape index (κ3) is 6.11.